The lowest BCUT2D eigenvalue weighted by Gasteiger charge is -2.27. The second-order valence-corrected chi connectivity index (χ2v) is 11.3. The Labute approximate surface area is 228 Å². The van der Waals surface area contributed by atoms with Crippen molar-refractivity contribution in [1.29, 1.82) is 0 Å². The third-order valence-corrected chi connectivity index (χ3v) is 7.96. The fourth-order valence-electron chi connectivity index (χ4n) is 5.89. The van der Waals surface area contributed by atoms with Crippen LogP contribution in [0.15, 0.2) is 96.8 Å². The summed E-state index contributed by atoms with van der Waals surface area (Å²) in [5, 5.41) is 8.93. The number of hydrogen-bond acceptors (Lipinski definition) is 2. The molecule has 0 saturated heterocycles. The Morgan fingerprint density at radius 3 is 2.24 bits per heavy atom. The summed E-state index contributed by atoms with van der Waals surface area (Å²) < 4.78 is 2.29. The smallest absolute Gasteiger partial charge is 0.303 e. The summed E-state index contributed by atoms with van der Waals surface area (Å²) in [7, 11) is 2.14. The van der Waals surface area contributed by atoms with E-state index >= 15 is 0 Å². The quantitative estimate of drug-likeness (QED) is 0.203. The zero-order chi connectivity index (χ0) is 27.3. The van der Waals surface area contributed by atoms with E-state index in [2.05, 4.69) is 135 Å². The highest BCUT2D eigenvalue weighted by Crippen LogP contribution is 2.47. The van der Waals surface area contributed by atoms with E-state index in [1.54, 1.807) is 0 Å². The number of benzene rings is 2. The first-order chi connectivity index (χ1) is 18.2. The van der Waals surface area contributed by atoms with E-state index in [-0.39, 0.29) is 17.3 Å². The predicted molar refractivity (Wildman–Crippen MR) is 159 cm³/mol. The number of carboxylic acid groups (broad SMARTS) is 1. The van der Waals surface area contributed by atoms with Crippen LogP contribution < -0.4 is 4.90 Å². The Morgan fingerprint density at radius 2 is 1.50 bits per heavy atom. The molecule has 2 aromatic rings. The predicted octanol–water partition coefficient (Wildman–Crippen LogP) is 7.69. The molecule has 2 aliphatic rings. The lowest BCUT2D eigenvalue weighted by molar-refractivity contribution is -0.401. The van der Waals surface area contributed by atoms with Crippen LogP contribution in [-0.4, -0.2) is 35.0 Å². The summed E-state index contributed by atoms with van der Waals surface area (Å²) in [5.41, 5.74) is 7.70. The van der Waals surface area contributed by atoms with Gasteiger partial charge in [-0.25, -0.2) is 0 Å². The van der Waals surface area contributed by atoms with E-state index in [1.165, 1.54) is 33.9 Å². The largest absolute Gasteiger partial charge is 0.481 e. The highest BCUT2D eigenvalue weighted by atomic mass is 16.4. The fourth-order valence-corrected chi connectivity index (χ4v) is 5.89. The summed E-state index contributed by atoms with van der Waals surface area (Å²) in [4.78, 5) is 13.3. The SMILES string of the molecule is C[N+]1=C(C=CC=CC=CC=C2N(CCCCCC(=O)O)c3ccccc3C2(C)C)C(C)(C)c2ccccc21. The van der Waals surface area contributed by atoms with Gasteiger partial charge >= 0.3 is 5.97 Å². The Balaban J connectivity index is 1.44. The molecule has 4 rings (SSSR count). The monoisotopic (exact) mass is 509 g/mol. The molecule has 0 amide bonds. The summed E-state index contributed by atoms with van der Waals surface area (Å²) in [6.45, 7) is 10.0. The topological polar surface area (TPSA) is 43.5 Å². The minimum absolute atomic E-state index is 0.0178. The Bertz CT molecular complexity index is 1340. The van der Waals surface area contributed by atoms with Gasteiger partial charge in [-0.3, -0.25) is 4.79 Å². The molecule has 0 unspecified atom stereocenters. The number of anilines is 1. The first-order valence-corrected chi connectivity index (χ1v) is 13.7. The number of carbonyl (C=O) groups is 1. The minimum Gasteiger partial charge on any atom is -0.481 e. The van der Waals surface area contributed by atoms with Gasteiger partial charge in [0.1, 0.15) is 7.05 Å². The number of aliphatic carboxylic acids is 1. The maximum absolute atomic E-state index is 10.8. The highest BCUT2D eigenvalue weighted by Gasteiger charge is 2.42. The summed E-state index contributed by atoms with van der Waals surface area (Å²) in [6, 6.07) is 17.2. The second-order valence-electron chi connectivity index (χ2n) is 11.3. The van der Waals surface area contributed by atoms with Gasteiger partial charge in [-0.2, -0.15) is 4.58 Å². The third-order valence-electron chi connectivity index (χ3n) is 7.96. The molecule has 2 aromatic carbocycles. The van der Waals surface area contributed by atoms with Crippen molar-refractivity contribution in [2.75, 3.05) is 18.5 Å². The number of nitrogens with zero attached hydrogens (tertiary/aromatic N) is 2. The van der Waals surface area contributed by atoms with Crippen molar-refractivity contribution in [3.63, 3.8) is 0 Å². The van der Waals surface area contributed by atoms with E-state index in [4.69, 9.17) is 5.11 Å². The zero-order valence-corrected chi connectivity index (χ0v) is 23.4. The zero-order valence-electron chi connectivity index (χ0n) is 23.4. The average Bonchev–Trinajstić information content (AvgIpc) is 3.22. The molecule has 0 aromatic heterocycles. The molecule has 0 radical (unpaired) electrons. The van der Waals surface area contributed by atoms with Crippen LogP contribution in [0.3, 0.4) is 0 Å². The number of rotatable bonds is 10. The fraction of sp³-hybridized carbons (Fsp3) is 0.353. The van der Waals surface area contributed by atoms with Gasteiger partial charge in [0.05, 0.1) is 5.41 Å². The number of unbranched alkanes of at least 4 members (excludes halogenated alkanes) is 2. The van der Waals surface area contributed by atoms with Crippen molar-refractivity contribution >= 4 is 23.1 Å². The summed E-state index contributed by atoms with van der Waals surface area (Å²) in [6.07, 6.45) is 17.8. The number of hydrogen-bond donors (Lipinski definition) is 1. The van der Waals surface area contributed by atoms with Crippen LogP contribution in [0.5, 0.6) is 0 Å². The Hall–Kier alpha value is -3.66. The number of carboxylic acids is 1. The van der Waals surface area contributed by atoms with Crippen LogP contribution in [-0.2, 0) is 15.6 Å². The lowest BCUT2D eigenvalue weighted by Crippen LogP contribution is -2.27. The second kappa shape index (κ2) is 11.4. The van der Waals surface area contributed by atoms with Gasteiger partial charge in [-0.15, -0.1) is 0 Å². The number of para-hydroxylation sites is 2. The molecule has 4 heteroatoms. The molecule has 0 atom stereocenters. The van der Waals surface area contributed by atoms with Crippen LogP contribution in [0, 0.1) is 0 Å². The van der Waals surface area contributed by atoms with Gasteiger partial charge in [-0.1, -0.05) is 87.0 Å². The van der Waals surface area contributed by atoms with Gasteiger partial charge < -0.3 is 10.0 Å². The van der Waals surface area contributed by atoms with E-state index < -0.39 is 5.97 Å². The average molecular weight is 510 g/mol. The normalized spacial score (nSPS) is 18.9. The van der Waals surface area contributed by atoms with E-state index in [9.17, 15) is 4.79 Å². The molecule has 0 fully saturated rings. The standard InChI is InChI=1S/C34H40N2O2/c1-33(2)26-18-13-15-20-28(26)35(5)30(33)22-10-7-6-8-11-23-31-34(3,4)27-19-14-16-21-29(27)36(31)25-17-9-12-24-32(37)38/h6-8,10-11,13-16,18-23H,9,12,17,24-25H2,1-5H3/p+1. The molecular weight excluding hydrogens is 468 g/mol. The molecule has 38 heavy (non-hydrogen) atoms. The van der Waals surface area contributed by atoms with Gasteiger partial charge in [0.15, 0.2) is 5.71 Å². The van der Waals surface area contributed by atoms with E-state index in [0.29, 0.717) is 0 Å². The molecule has 2 aliphatic heterocycles. The maximum Gasteiger partial charge on any atom is 0.303 e. The van der Waals surface area contributed by atoms with Crippen LogP contribution in [0.2, 0.25) is 0 Å². The highest BCUT2D eigenvalue weighted by molar-refractivity contribution is 6.03. The van der Waals surface area contributed by atoms with Gasteiger partial charge in [0, 0.05) is 47.5 Å². The number of allylic oxidation sites excluding steroid dienone is 8. The van der Waals surface area contributed by atoms with Crippen molar-refractivity contribution in [2.24, 2.45) is 0 Å². The molecule has 0 spiro atoms. The van der Waals surface area contributed by atoms with Crippen LogP contribution >= 0.6 is 0 Å². The van der Waals surface area contributed by atoms with E-state index in [1.807, 2.05) is 0 Å². The molecule has 2 heterocycles. The van der Waals surface area contributed by atoms with Crippen LogP contribution in [0.25, 0.3) is 0 Å². The first kappa shape index (κ1) is 27.4. The maximum atomic E-state index is 10.8. The summed E-state index contributed by atoms with van der Waals surface area (Å²) in [5.74, 6) is -0.714. The van der Waals surface area contributed by atoms with E-state index in [0.717, 1.165) is 25.8 Å². The number of fused-ring (bicyclic) bond motifs is 2. The van der Waals surface area contributed by atoms with Crippen molar-refractivity contribution in [3.05, 3.63) is 108 Å². The van der Waals surface area contributed by atoms with Crippen LogP contribution in [0.4, 0.5) is 11.4 Å². The van der Waals surface area contributed by atoms with Crippen molar-refractivity contribution in [2.45, 2.75) is 64.2 Å². The van der Waals surface area contributed by atoms with Crippen molar-refractivity contribution in [3.8, 4) is 0 Å². The minimum atomic E-state index is -0.714. The molecule has 1 N–H and O–H groups in total. The Kier molecular flexibility index (Phi) is 8.20. The third kappa shape index (κ3) is 5.45. The Morgan fingerprint density at radius 1 is 0.842 bits per heavy atom. The van der Waals surface area contributed by atoms with Crippen molar-refractivity contribution < 1.29 is 14.5 Å². The molecule has 4 nitrogen and oxygen atoms in total. The molecule has 0 saturated carbocycles. The van der Waals surface area contributed by atoms with Crippen molar-refractivity contribution in [1.82, 2.24) is 0 Å². The van der Waals surface area contributed by atoms with Gasteiger partial charge in [0.2, 0.25) is 5.69 Å². The first-order valence-electron chi connectivity index (χ1n) is 13.7. The van der Waals surface area contributed by atoms with Gasteiger partial charge in [-0.05, 0) is 44.4 Å². The lowest BCUT2D eigenvalue weighted by atomic mass is 9.81. The van der Waals surface area contributed by atoms with Crippen LogP contribution in [0.1, 0.15) is 64.5 Å². The molecule has 0 aliphatic carbocycles. The molecule has 0 bridgehead atoms. The molecule has 198 valence electrons. The van der Waals surface area contributed by atoms with Gasteiger partial charge in [0.25, 0.3) is 0 Å². The summed E-state index contributed by atoms with van der Waals surface area (Å²) >= 11 is 0. The molecular formula is C34H41N2O2+.